The molecule has 2 heterocycles. The fourth-order valence-electron chi connectivity index (χ4n) is 2.75. The number of carbonyl (C=O) groups excluding carboxylic acids is 1. The van der Waals surface area contributed by atoms with Crippen molar-refractivity contribution < 1.29 is 14.6 Å². The van der Waals surface area contributed by atoms with Crippen molar-refractivity contribution in [2.45, 2.75) is 18.4 Å². The molecule has 6 heteroatoms. The van der Waals surface area contributed by atoms with Crippen LogP contribution in [0.5, 0.6) is 5.75 Å². The largest absolute Gasteiger partial charge is 0.491 e. The van der Waals surface area contributed by atoms with Crippen molar-refractivity contribution >= 4 is 5.91 Å². The number of para-hydroxylation sites is 1. The molecule has 0 bridgehead atoms. The molecule has 1 fully saturated rings. The number of aromatic nitrogens is 2. The summed E-state index contributed by atoms with van der Waals surface area (Å²) < 4.78 is 7.24. The van der Waals surface area contributed by atoms with Crippen molar-refractivity contribution in [3.8, 4) is 5.75 Å². The summed E-state index contributed by atoms with van der Waals surface area (Å²) in [6, 6.07) is 11.2. The van der Waals surface area contributed by atoms with Gasteiger partial charge in [-0.1, -0.05) is 18.2 Å². The van der Waals surface area contributed by atoms with E-state index in [1.165, 1.54) is 0 Å². The number of nitrogens with zero attached hydrogens (tertiary/aromatic N) is 3. The number of aryl methyl sites for hydroxylation is 1. The molecule has 23 heavy (non-hydrogen) atoms. The number of amides is 1. The predicted octanol–water partition coefficient (Wildman–Crippen LogP) is 1.47. The molecule has 6 nitrogen and oxygen atoms in total. The molecule has 0 radical (unpaired) electrons. The topological polar surface area (TPSA) is 67.6 Å². The van der Waals surface area contributed by atoms with Crippen LogP contribution in [0, 0.1) is 0 Å². The second kappa shape index (κ2) is 6.42. The Morgan fingerprint density at radius 2 is 1.96 bits per heavy atom. The lowest BCUT2D eigenvalue weighted by Crippen LogP contribution is -2.49. The summed E-state index contributed by atoms with van der Waals surface area (Å²) in [5, 5.41) is 14.7. The number of carbonyl (C=O) groups is 1. The number of piperidine rings is 1. The Morgan fingerprint density at radius 3 is 2.57 bits per heavy atom. The molecule has 1 aliphatic heterocycles. The maximum absolute atomic E-state index is 12.4. The van der Waals surface area contributed by atoms with Gasteiger partial charge in [0.15, 0.2) is 0 Å². The SMILES string of the molecule is Cn1nccc1C(=O)N1CCC(O)(COc2ccccc2)CC1. The maximum atomic E-state index is 12.4. The van der Waals surface area contributed by atoms with Crippen LogP contribution in [0.3, 0.4) is 0 Å². The van der Waals surface area contributed by atoms with Crippen molar-refractivity contribution in [1.29, 1.82) is 0 Å². The van der Waals surface area contributed by atoms with Crippen molar-refractivity contribution in [3.05, 3.63) is 48.3 Å². The first-order valence-electron chi connectivity index (χ1n) is 7.75. The lowest BCUT2D eigenvalue weighted by molar-refractivity contribution is -0.0476. The summed E-state index contributed by atoms with van der Waals surface area (Å²) in [5.74, 6) is 0.699. The molecule has 1 aromatic carbocycles. The van der Waals surface area contributed by atoms with Crippen LogP contribution in [-0.2, 0) is 7.05 Å². The van der Waals surface area contributed by atoms with Crippen molar-refractivity contribution in [1.82, 2.24) is 14.7 Å². The number of aliphatic hydroxyl groups is 1. The molecule has 0 atom stereocenters. The van der Waals surface area contributed by atoms with E-state index in [0.29, 0.717) is 31.6 Å². The average Bonchev–Trinajstić information content (AvgIpc) is 3.00. The summed E-state index contributed by atoms with van der Waals surface area (Å²) >= 11 is 0. The summed E-state index contributed by atoms with van der Waals surface area (Å²) in [4.78, 5) is 14.2. The van der Waals surface area contributed by atoms with Crippen molar-refractivity contribution in [2.24, 2.45) is 7.05 Å². The van der Waals surface area contributed by atoms with Crippen LogP contribution >= 0.6 is 0 Å². The third-order valence-corrected chi connectivity index (χ3v) is 4.27. The number of ether oxygens (including phenoxy) is 1. The van der Waals surface area contributed by atoms with Crippen LogP contribution in [0.4, 0.5) is 0 Å². The molecule has 3 rings (SSSR count). The van der Waals surface area contributed by atoms with E-state index in [1.807, 2.05) is 30.3 Å². The fourth-order valence-corrected chi connectivity index (χ4v) is 2.75. The monoisotopic (exact) mass is 315 g/mol. The second-order valence-electron chi connectivity index (χ2n) is 5.96. The Bertz CT molecular complexity index is 661. The fraction of sp³-hybridized carbons (Fsp3) is 0.412. The van der Waals surface area contributed by atoms with E-state index >= 15 is 0 Å². The van der Waals surface area contributed by atoms with Gasteiger partial charge in [-0.05, 0) is 31.0 Å². The number of likely N-dealkylation sites (tertiary alicyclic amines) is 1. The van der Waals surface area contributed by atoms with Crippen LogP contribution in [0.15, 0.2) is 42.6 Å². The molecule has 1 saturated heterocycles. The zero-order chi connectivity index (χ0) is 16.3. The van der Waals surface area contributed by atoms with Gasteiger partial charge in [-0.15, -0.1) is 0 Å². The third-order valence-electron chi connectivity index (χ3n) is 4.27. The summed E-state index contributed by atoms with van der Waals surface area (Å²) in [6.07, 6.45) is 2.62. The Labute approximate surface area is 135 Å². The predicted molar refractivity (Wildman–Crippen MR) is 85.2 cm³/mol. The number of rotatable bonds is 4. The van der Waals surface area contributed by atoms with Gasteiger partial charge < -0.3 is 14.7 Å². The molecule has 0 aliphatic carbocycles. The zero-order valence-electron chi connectivity index (χ0n) is 13.2. The van der Waals surface area contributed by atoms with Gasteiger partial charge in [0.25, 0.3) is 5.91 Å². The lowest BCUT2D eigenvalue weighted by atomic mass is 9.92. The molecular formula is C17H21N3O3. The van der Waals surface area contributed by atoms with Gasteiger partial charge >= 0.3 is 0 Å². The number of benzene rings is 1. The standard InChI is InChI=1S/C17H21N3O3/c1-19-15(7-10-18-19)16(21)20-11-8-17(22,9-12-20)13-23-14-5-3-2-4-6-14/h2-7,10,22H,8-9,11-13H2,1H3. The van der Waals surface area contributed by atoms with E-state index in [2.05, 4.69) is 5.10 Å². The highest BCUT2D eigenvalue weighted by Gasteiger charge is 2.35. The third kappa shape index (κ3) is 3.53. The minimum Gasteiger partial charge on any atom is -0.491 e. The molecule has 0 unspecified atom stereocenters. The molecule has 1 aromatic heterocycles. The van der Waals surface area contributed by atoms with Gasteiger partial charge in [-0.2, -0.15) is 5.10 Å². The molecule has 2 aromatic rings. The highest BCUT2D eigenvalue weighted by molar-refractivity contribution is 5.92. The van der Waals surface area contributed by atoms with E-state index in [4.69, 9.17) is 4.74 Å². The Kier molecular flexibility index (Phi) is 4.34. The van der Waals surface area contributed by atoms with Gasteiger partial charge in [-0.25, -0.2) is 0 Å². The highest BCUT2D eigenvalue weighted by Crippen LogP contribution is 2.24. The minimum atomic E-state index is -0.890. The van der Waals surface area contributed by atoms with Crippen LogP contribution < -0.4 is 4.74 Å². The molecule has 0 spiro atoms. The molecular weight excluding hydrogens is 294 g/mol. The Morgan fingerprint density at radius 1 is 1.26 bits per heavy atom. The first kappa shape index (κ1) is 15.6. The van der Waals surface area contributed by atoms with Crippen LogP contribution in [0.2, 0.25) is 0 Å². The first-order valence-corrected chi connectivity index (χ1v) is 7.75. The Hall–Kier alpha value is -2.34. The smallest absolute Gasteiger partial charge is 0.272 e. The zero-order valence-corrected chi connectivity index (χ0v) is 13.2. The van der Waals surface area contributed by atoms with Gasteiger partial charge in [0.2, 0.25) is 0 Å². The molecule has 1 N–H and O–H groups in total. The second-order valence-corrected chi connectivity index (χ2v) is 5.96. The van der Waals surface area contributed by atoms with Gasteiger partial charge in [-0.3, -0.25) is 9.48 Å². The number of hydrogen-bond acceptors (Lipinski definition) is 4. The normalized spacial score (nSPS) is 17.0. The first-order chi connectivity index (χ1) is 11.1. The Balaban J connectivity index is 1.55. The molecule has 1 aliphatic rings. The minimum absolute atomic E-state index is 0.0453. The summed E-state index contributed by atoms with van der Waals surface area (Å²) in [6.45, 7) is 1.27. The van der Waals surface area contributed by atoms with Crippen LogP contribution in [-0.4, -0.2) is 51.0 Å². The highest BCUT2D eigenvalue weighted by atomic mass is 16.5. The average molecular weight is 315 g/mol. The summed E-state index contributed by atoms with van der Waals surface area (Å²) in [5.41, 5.74) is -0.324. The molecule has 1 amide bonds. The van der Waals surface area contributed by atoms with E-state index in [0.717, 1.165) is 5.75 Å². The number of hydrogen-bond donors (Lipinski definition) is 1. The summed E-state index contributed by atoms with van der Waals surface area (Å²) in [7, 11) is 1.75. The van der Waals surface area contributed by atoms with Gasteiger partial charge in [0.1, 0.15) is 23.7 Å². The van der Waals surface area contributed by atoms with E-state index in [9.17, 15) is 9.90 Å². The maximum Gasteiger partial charge on any atom is 0.272 e. The van der Waals surface area contributed by atoms with Crippen LogP contribution in [0.25, 0.3) is 0 Å². The van der Waals surface area contributed by atoms with Crippen molar-refractivity contribution in [2.75, 3.05) is 19.7 Å². The van der Waals surface area contributed by atoms with Gasteiger partial charge in [0, 0.05) is 26.3 Å². The van der Waals surface area contributed by atoms with E-state index in [-0.39, 0.29) is 12.5 Å². The van der Waals surface area contributed by atoms with E-state index < -0.39 is 5.60 Å². The molecule has 122 valence electrons. The van der Waals surface area contributed by atoms with E-state index in [1.54, 1.807) is 28.9 Å². The van der Waals surface area contributed by atoms with Gasteiger partial charge in [0.05, 0.1) is 0 Å². The van der Waals surface area contributed by atoms with Crippen molar-refractivity contribution in [3.63, 3.8) is 0 Å². The molecule has 0 saturated carbocycles. The lowest BCUT2D eigenvalue weighted by Gasteiger charge is -2.37. The van der Waals surface area contributed by atoms with Crippen LogP contribution in [0.1, 0.15) is 23.3 Å². The quantitative estimate of drug-likeness (QED) is 0.928.